The number of fused-ring (bicyclic) bond motifs is 3. The number of nitrogens with zero attached hydrogens (tertiary/aromatic N) is 6. The Bertz CT molecular complexity index is 1760. The first-order valence-corrected chi connectivity index (χ1v) is 14.4. The molecule has 5 aromatic rings. The summed E-state index contributed by atoms with van der Waals surface area (Å²) < 4.78 is 43.5. The second kappa shape index (κ2) is 10.5. The van der Waals surface area contributed by atoms with Crippen LogP contribution in [0.15, 0.2) is 45.8 Å². The number of nitrogen functional groups attached to an aromatic ring is 1. The van der Waals surface area contributed by atoms with Crippen molar-refractivity contribution >= 4 is 33.3 Å². The van der Waals surface area contributed by atoms with Gasteiger partial charge in [0.15, 0.2) is 23.2 Å². The number of hydrogen-bond acceptors (Lipinski definition) is 10. The summed E-state index contributed by atoms with van der Waals surface area (Å²) in [6.07, 6.45) is 1.43. The van der Waals surface area contributed by atoms with Gasteiger partial charge >= 0.3 is 4.87 Å². The van der Waals surface area contributed by atoms with Gasteiger partial charge in [-0.05, 0) is 55.6 Å². The molecule has 0 saturated carbocycles. The van der Waals surface area contributed by atoms with Gasteiger partial charge in [-0.2, -0.15) is 9.50 Å². The average Bonchev–Trinajstić information content (AvgIpc) is 3.76. The first-order chi connectivity index (χ1) is 19.9. The van der Waals surface area contributed by atoms with Crippen molar-refractivity contribution < 1.29 is 17.9 Å². The lowest BCUT2D eigenvalue weighted by Crippen LogP contribution is -2.36. The third kappa shape index (κ3) is 4.85. The molecule has 4 aromatic heterocycles. The number of thiazole rings is 1. The molecule has 2 fully saturated rings. The maximum absolute atomic E-state index is 15.0. The largest absolute Gasteiger partial charge is 0.486 e. The van der Waals surface area contributed by atoms with Crippen molar-refractivity contribution in [3.05, 3.63) is 57.6 Å². The van der Waals surface area contributed by atoms with Gasteiger partial charge in [0, 0.05) is 32.2 Å². The third-order valence-corrected chi connectivity index (χ3v) is 8.84. The van der Waals surface area contributed by atoms with Gasteiger partial charge in [-0.1, -0.05) is 17.4 Å². The monoisotopic (exact) mass is 582 g/mol. The minimum absolute atomic E-state index is 0.0816. The lowest BCUT2D eigenvalue weighted by atomic mass is 9.89. The van der Waals surface area contributed by atoms with E-state index in [-0.39, 0.29) is 29.1 Å². The molecule has 7 rings (SSSR count). The number of likely N-dealkylation sites (tertiary alicyclic amines) is 1. The van der Waals surface area contributed by atoms with E-state index < -0.39 is 12.3 Å². The number of piperidine rings is 1. The third-order valence-electron chi connectivity index (χ3n) is 7.87. The van der Waals surface area contributed by atoms with Gasteiger partial charge in [-0.15, -0.1) is 5.10 Å². The number of rotatable bonds is 7. The number of halogens is 2. The molecule has 11 nitrogen and oxygen atoms in total. The molecule has 6 heterocycles. The highest BCUT2D eigenvalue weighted by atomic mass is 32.1. The van der Waals surface area contributed by atoms with Crippen molar-refractivity contribution in [1.29, 1.82) is 0 Å². The molecule has 2 aliphatic rings. The van der Waals surface area contributed by atoms with E-state index in [1.165, 1.54) is 16.8 Å². The van der Waals surface area contributed by atoms with Crippen molar-refractivity contribution in [2.45, 2.75) is 37.6 Å². The molecule has 214 valence electrons. The average molecular weight is 583 g/mol. The molecule has 2 atom stereocenters. The van der Waals surface area contributed by atoms with Gasteiger partial charge in [-0.25, -0.2) is 13.8 Å². The van der Waals surface area contributed by atoms with Gasteiger partial charge in [0.2, 0.25) is 11.8 Å². The minimum atomic E-state index is -1.10. The lowest BCUT2D eigenvalue weighted by molar-refractivity contribution is 0.139. The van der Waals surface area contributed by atoms with Crippen LogP contribution in [-0.4, -0.2) is 74.0 Å². The molecule has 14 heteroatoms. The second-order valence-electron chi connectivity index (χ2n) is 10.4. The van der Waals surface area contributed by atoms with E-state index in [2.05, 4.69) is 25.3 Å². The Hall–Kier alpha value is -3.88. The highest BCUT2D eigenvalue weighted by molar-refractivity contribution is 7.17. The Morgan fingerprint density at radius 2 is 2.00 bits per heavy atom. The Labute approximate surface area is 236 Å². The molecule has 0 aliphatic carbocycles. The molecule has 2 aliphatic heterocycles. The Balaban J connectivity index is 1.01. The fraction of sp³-hybridized carbons (Fsp3) is 0.407. The number of alkyl halides is 1. The predicted octanol–water partition coefficient (Wildman–Crippen LogP) is 3.05. The van der Waals surface area contributed by atoms with Crippen LogP contribution in [0.1, 0.15) is 24.3 Å². The maximum Gasteiger partial charge on any atom is 0.309 e. The Kier molecular flexibility index (Phi) is 6.67. The van der Waals surface area contributed by atoms with Crippen LogP contribution in [0.2, 0.25) is 0 Å². The van der Waals surface area contributed by atoms with Crippen LogP contribution in [0.4, 0.5) is 14.7 Å². The van der Waals surface area contributed by atoms with Crippen LogP contribution >= 0.6 is 11.3 Å². The summed E-state index contributed by atoms with van der Waals surface area (Å²) in [6, 6.07) is 8.35. The van der Waals surface area contributed by atoms with E-state index in [0.29, 0.717) is 58.5 Å². The van der Waals surface area contributed by atoms with Crippen molar-refractivity contribution in [3.63, 3.8) is 0 Å². The number of nitrogens with one attached hydrogen (secondary N) is 1. The number of anilines is 1. The molecule has 0 radical (unpaired) electrons. The molecule has 3 N–H and O–H groups in total. The standard InChI is InChI=1S/C27H28F2N8O3S/c28-18-12-16(40-21-14-31-13-19(21)29)3-4-17(18)15-5-7-35(8-6-15)9-10-36-24-22(41-27(36)38)25-32-23(20-2-1-11-39-20)34-37(25)26(30)33-24/h1-4,11-12,15,19,21,31H,5-10,13-14H2,(H2,30,33)/t19-,21-/m1/s1. The zero-order chi connectivity index (χ0) is 28.1. The summed E-state index contributed by atoms with van der Waals surface area (Å²) in [5.41, 5.74) is 7.78. The summed E-state index contributed by atoms with van der Waals surface area (Å²) >= 11 is 1.07. The summed E-state index contributed by atoms with van der Waals surface area (Å²) in [7, 11) is 0. The highest BCUT2D eigenvalue weighted by Crippen LogP contribution is 2.32. The SMILES string of the molecule is Nc1nc2c(sc(=O)n2CCN2CCC(c3ccc(O[C@@H]4CNC[C@H]4F)cc3F)CC2)c2nc(-c3ccco3)nn12. The quantitative estimate of drug-likeness (QED) is 0.298. The molecular weight excluding hydrogens is 554 g/mol. The number of benzene rings is 1. The fourth-order valence-electron chi connectivity index (χ4n) is 5.67. The summed E-state index contributed by atoms with van der Waals surface area (Å²) in [5.74, 6) is 1.10. The van der Waals surface area contributed by atoms with Crippen LogP contribution in [0.25, 0.3) is 27.6 Å². The smallest absolute Gasteiger partial charge is 0.309 e. The van der Waals surface area contributed by atoms with E-state index in [1.807, 2.05) is 0 Å². The molecule has 0 spiro atoms. The van der Waals surface area contributed by atoms with E-state index in [1.54, 1.807) is 28.8 Å². The first kappa shape index (κ1) is 26.0. The second-order valence-corrected chi connectivity index (χ2v) is 11.4. The maximum atomic E-state index is 15.0. The van der Waals surface area contributed by atoms with Crippen LogP contribution in [-0.2, 0) is 6.54 Å². The van der Waals surface area contributed by atoms with Gasteiger partial charge in [0.1, 0.15) is 22.4 Å². The van der Waals surface area contributed by atoms with Gasteiger partial charge in [0.05, 0.1) is 6.26 Å². The van der Waals surface area contributed by atoms with Crippen molar-refractivity contribution in [3.8, 4) is 17.3 Å². The number of ether oxygens (including phenoxy) is 1. The van der Waals surface area contributed by atoms with E-state index in [0.717, 1.165) is 37.3 Å². The minimum Gasteiger partial charge on any atom is -0.486 e. The molecule has 0 amide bonds. The van der Waals surface area contributed by atoms with Crippen molar-refractivity contribution in [1.82, 2.24) is 34.4 Å². The number of aromatic nitrogens is 5. The molecular formula is C27H28F2N8O3S. The fourth-order valence-corrected chi connectivity index (χ4v) is 6.60. The van der Waals surface area contributed by atoms with E-state index in [4.69, 9.17) is 14.9 Å². The Morgan fingerprint density at radius 3 is 2.73 bits per heavy atom. The molecule has 0 unspecified atom stereocenters. The normalized spacial score (nSPS) is 20.4. The van der Waals surface area contributed by atoms with Crippen molar-refractivity contribution in [2.24, 2.45) is 0 Å². The summed E-state index contributed by atoms with van der Waals surface area (Å²) in [6.45, 7) is 3.30. The number of nitrogens with two attached hydrogens (primary N) is 1. The summed E-state index contributed by atoms with van der Waals surface area (Å²) in [4.78, 5) is 24.1. The highest BCUT2D eigenvalue weighted by Gasteiger charge is 2.29. The zero-order valence-corrected chi connectivity index (χ0v) is 22.8. The number of hydrogen-bond donors (Lipinski definition) is 2. The Morgan fingerprint density at radius 1 is 1.15 bits per heavy atom. The van der Waals surface area contributed by atoms with Gasteiger partial charge in [0.25, 0.3) is 0 Å². The number of furan rings is 1. The molecule has 41 heavy (non-hydrogen) atoms. The van der Waals surface area contributed by atoms with Gasteiger partial charge in [-0.3, -0.25) is 9.36 Å². The van der Waals surface area contributed by atoms with Gasteiger partial charge < -0.3 is 25.1 Å². The van der Waals surface area contributed by atoms with Crippen LogP contribution < -0.4 is 20.7 Å². The summed E-state index contributed by atoms with van der Waals surface area (Å²) in [5, 5.41) is 7.33. The molecule has 2 saturated heterocycles. The zero-order valence-electron chi connectivity index (χ0n) is 22.0. The lowest BCUT2D eigenvalue weighted by Gasteiger charge is -2.32. The van der Waals surface area contributed by atoms with Crippen LogP contribution in [0.3, 0.4) is 0 Å². The molecule has 0 bridgehead atoms. The van der Waals surface area contributed by atoms with Crippen LogP contribution in [0.5, 0.6) is 5.75 Å². The van der Waals surface area contributed by atoms with E-state index >= 15 is 0 Å². The van der Waals surface area contributed by atoms with Crippen molar-refractivity contribution in [2.75, 3.05) is 38.5 Å². The van der Waals surface area contributed by atoms with Crippen LogP contribution in [0, 0.1) is 5.82 Å². The first-order valence-electron chi connectivity index (χ1n) is 13.6. The predicted molar refractivity (Wildman–Crippen MR) is 150 cm³/mol. The van der Waals surface area contributed by atoms with E-state index in [9.17, 15) is 13.6 Å². The molecule has 1 aromatic carbocycles. The topological polar surface area (TPSA) is 129 Å².